The number of ether oxygens (including phenoxy) is 1. The summed E-state index contributed by atoms with van der Waals surface area (Å²) in [7, 11) is 0. The molecule has 29 heavy (non-hydrogen) atoms. The van der Waals surface area contributed by atoms with E-state index in [2.05, 4.69) is 5.32 Å². The summed E-state index contributed by atoms with van der Waals surface area (Å²) in [5.41, 5.74) is -0.656. The largest absolute Gasteiger partial charge is 0.452 e. The number of amides is 1. The fraction of sp³-hybridized carbons (Fsp3) is 0.500. The Morgan fingerprint density at radius 3 is 2.45 bits per heavy atom. The van der Waals surface area contributed by atoms with Gasteiger partial charge in [-0.05, 0) is 80.2 Å². The molecular formula is C24H27NO4. The Morgan fingerprint density at radius 2 is 1.76 bits per heavy atom. The first kappa shape index (κ1) is 18.6. The van der Waals surface area contributed by atoms with E-state index in [9.17, 15) is 14.7 Å². The van der Waals surface area contributed by atoms with Crippen molar-refractivity contribution in [3.8, 4) is 0 Å². The van der Waals surface area contributed by atoms with Gasteiger partial charge in [0.25, 0.3) is 5.91 Å². The van der Waals surface area contributed by atoms with Crippen LogP contribution in [0.25, 0.3) is 10.8 Å². The van der Waals surface area contributed by atoms with Gasteiger partial charge in [0.15, 0.2) is 6.10 Å². The first-order valence-electron chi connectivity index (χ1n) is 10.6. The number of esters is 1. The van der Waals surface area contributed by atoms with Gasteiger partial charge in [0.05, 0.1) is 11.0 Å². The van der Waals surface area contributed by atoms with E-state index in [0.29, 0.717) is 23.9 Å². The smallest absolute Gasteiger partial charge is 0.312 e. The van der Waals surface area contributed by atoms with Crippen LogP contribution in [0.15, 0.2) is 42.5 Å². The van der Waals surface area contributed by atoms with E-state index >= 15 is 0 Å². The molecule has 0 radical (unpaired) electrons. The highest BCUT2D eigenvalue weighted by molar-refractivity contribution is 5.97. The predicted octanol–water partition coefficient (Wildman–Crippen LogP) is 4.04. The molecule has 2 aromatic rings. The number of benzene rings is 2. The third-order valence-electron chi connectivity index (χ3n) is 7.13. The molecule has 4 aliphatic carbocycles. The van der Waals surface area contributed by atoms with Gasteiger partial charge in [0.1, 0.15) is 0 Å². The monoisotopic (exact) mass is 393 g/mol. The third kappa shape index (κ3) is 3.31. The maximum atomic E-state index is 13.1. The molecule has 0 aromatic heterocycles. The van der Waals surface area contributed by atoms with Crippen molar-refractivity contribution in [3.63, 3.8) is 0 Å². The van der Waals surface area contributed by atoms with E-state index in [-0.39, 0.29) is 11.9 Å². The maximum Gasteiger partial charge on any atom is 0.312 e. The lowest BCUT2D eigenvalue weighted by molar-refractivity contribution is -0.199. The van der Waals surface area contributed by atoms with E-state index in [1.54, 1.807) is 6.92 Å². The summed E-state index contributed by atoms with van der Waals surface area (Å²) >= 11 is 0. The van der Waals surface area contributed by atoms with Crippen molar-refractivity contribution >= 4 is 28.3 Å². The molecule has 4 saturated carbocycles. The van der Waals surface area contributed by atoms with Gasteiger partial charge in [-0.25, -0.2) is 0 Å². The first-order chi connectivity index (χ1) is 13.8. The van der Waals surface area contributed by atoms with Crippen LogP contribution in [-0.4, -0.2) is 28.7 Å². The SMILES string of the molecule is C[C@@H](OC(=O)C12C[C@@H]3C[C@@H](CC(O)(C3)C1)C2)C(=O)Nc1ccc2ccccc2c1. The second kappa shape index (κ2) is 6.56. The Morgan fingerprint density at radius 1 is 1.07 bits per heavy atom. The zero-order valence-corrected chi connectivity index (χ0v) is 16.7. The number of fused-ring (bicyclic) bond motifs is 1. The highest BCUT2D eigenvalue weighted by Gasteiger charge is 2.61. The van der Waals surface area contributed by atoms with Gasteiger partial charge < -0.3 is 15.2 Å². The summed E-state index contributed by atoms with van der Waals surface area (Å²) in [4.78, 5) is 25.7. The average molecular weight is 393 g/mol. The van der Waals surface area contributed by atoms with Crippen molar-refractivity contribution < 1.29 is 19.4 Å². The van der Waals surface area contributed by atoms with Crippen molar-refractivity contribution in [1.82, 2.24) is 0 Å². The molecule has 5 heteroatoms. The summed E-state index contributed by atoms with van der Waals surface area (Å²) < 4.78 is 5.64. The Kier molecular flexibility index (Phi) is 4.21. The van der Waals surface area contributed by atoms with Crippen LogP contribution in [0.1, 0.15) is 45.4 Å². The highest BCUT2D eigenvalue weighted by Crippen LogP contribution is 2.62. The van der Waals surface area contributed by atoms with Gasteiger partial charge in [0, 0.05) is 5.69 Å². The van der Waals surface area contributed by atoms with Crippen molar-refractivity contribution in [2.45, 2.75) is 57.2 Å². The van der Waals surface area contributed by atoms with Crippen LogP contribution in [0, 0.1) is 17.3 Å². The summed E-state index contributed by atoms with van der Waals surface area (Å²) in [6.07, 6.45) is 3.87. The van der Waals surface area contributed by atoms with Crippen molar-refractivity contribution in [2.24, 2.45) is 17.3 Å². The number of rotatable bonds is 4. The van der Waals surface area contributed by atoms with Gasteiger partial charge >= 0.3 is 5.97 Å². The predicted molar refractivity (Wildman–Crippen MR) is 110 cm³/mol. The van der Waals surface area contributed by atoms with E-state index in [1.165, 1.54) is 0 Å². The second-order valence-electron chi connectivity index (χ2n) is 9.56. The van der Waals surface area contributed by atoms with Crippen molar-refractivity contribution in [1.29, 1.82) is 0 Å². The van der Waals surface area contributed by atoms with Gasteiger partial charge in [-0.3, -0.25) is 9.59 Å². The van der Waals surface area contributed by atoms with Crippen LogP contribution in [0.3, 0.4) is 0 Å². The third-order valence-corrected chi connectivity index (χ3v) is 7.13. The molecule has 5 atom stereocenters. The number of hydrogen-bond donors (Lipinski definition) is 2. The average Bonchev–Trinajstić information content (AvgIpc) is 2.66. The lowest BCUT2D eigenvalue weighted by Crippen LogP contribution is -2.59. The van der Waals surface area contributed by atoms with Crippen molar-refractivity contribution in [2.75, 3.05) is 5.32 Å². The number of anilines is 1. The molecule has 4 aliphatic rings. The number of hydrogen-bond acceptors (Lipinski definition) is 4. The minimum absolute atomic E-state index is 0.314. The normalized spacial score (nSPS) is 33.4. The van der Waals surface area contributed by atoms with E-state index in [4.69, 9.17) is 4.74 Å². The molecule has 0 aliphatic heterocycles. The van der Waals surface area contributed by atoms with E-state index in [0.717, 1.165) is 42.9 Å². The van der Waals surface area contributed by atoms with Gasteiger partial charge in [-0.2, -0.15) is 0 Å². The van der Waals surface area contributed by atoms with E-state index in [1.807, 2.05) is 42.5 Å². The highest BCUT2D eigenvalue weighted by atomic mass is 16.5. The zero-order chi connectivity index (χ0) is 20.2. The molecule has 2 aromatic carbocycles. The zero-order valence-electron chi connectivity index (χ0n) is 16.7. The molecule has 0 spiro atoms. The maximum absolute atomic E-state index is 13.1. The molecule has 4 bridgehead atoms. The van der Waals surface area contributed by atoms with Crippen LogP contribution in [-0.2, 0) is 14.3 Å². The molecule has 4 fully saturated rings. The van der Waals surface area contributed by atoms with Gasteiger partial charge in [-0.15, -0.1) is 0 Å². The summed E-state index contributed by atoms with van der Waals surface area (Å²) in [6.45, 7) is 1.61. The fourth-order valence-electron chi connectivity index (χ4n) is 6.30. The minimum Gasteiger partial charge on any atom is -0.452 e. The van der Waals surface area contributed by atoms with Crippen molar-refractivity contribution in [3.05, 3.63) is 42.5 Å². The van der Waals surface area contributed by atoms with Crippen LogP contribution in [0.5, 0.6) is 0 Å². The lowest BCUT2D eigenvalue weighted by atomic mass is 9.48. The number of nitrogens with one attached hydrogen (secondary N) is 1. The molecule has 0 heterocycles. The molecule has 6 rings (SSSR count). The van der Waals surface area contributed by atoms with Crippen LogP contribution < -0.4 is 5.32 Å². The molecule has 2 N–H and O–H groups in total. The van der Waals surface area contributed by atoms with Crippen LogP contribution >= 0.6 is 0 Å². The topological polar surface area (TPSA) is 75.6 Å². The molecule has 0 saturated heterocycles. The standard InChI is InChI=1S/C24H27NO4/c1-15(21(26)25-20-7-6-18-4-2-3-5-19(18)9-20)29-22(27)23-10-16-8-17(11-23)13-24(28,12-16)14-23/h2-7,9,15-17,28H,8,10-14H2,1H3,(H,25,26)/t15-,16-,17+,23?,24?/m1/s1. The Labute approximate surface area is 170 Å². The van der Waals surface area contributed by atoms with E-state index < -0.39 is 17.1 Å². The molecule has 1 amide bonds. The summed E-state index contributed by atoms with van der Waals surface area (Å²) in [5, 5.41) is 15.8. The molecule has 5 nitrogen and oxygen atoms in total. The second-order valence-corrected chi connectivity index (χ2v) is 9.56. The molecule has 2 unspecified atom stereocenters. The summed E-state index contributed by atoms with van der Waals surface area (Å²) in [6, 6.07) is 13.7. The summed E-state index contributed by atoms with van der Waals surface area (Å²) in [5.74, 6) is 0.148. The fourth-order valence-corrected chi connectivity index (χ4v) is 6.30. The number of aliphatic hydroxyl groups is 1. The number of carbonyl (C=O) groups is 2. The van der Waals surface area contributed by atoms with Crippen LogP contribution in [0.4, 0.5) is 5.69 Å². The van der Waals surface area contributed by atoms with Crippen LogP contribution in [0.2, 0.25) is 0 Å². The Bertz CT molecular complexity index is 970. The van der Waals surface area contributed by atoms with Gasteiger partial charge in [-0.1, -0.05) is 30.3 Å². The molecular weight excluding hydrogens is 366 g/mol. The quantitative estimate of drug-likeness (QED) is 0.769. The molecule has 152 valence electrons. The first-order valence-corrected chi connectivity index (χ1v) is 10.6. The Balaban J connectivity index is 1.26. The Hall–Kier alpha value is -2.40. The minimum atomic E-state index is -0.878. The lowest BCUT2D eigenvalue weighted by Gasteiger charge is -2.58. The van der Waals surface area contributed by atoms with Gasteiger partial charge in [0.2, 0.25) is 0 Å². The number of carbonyl (C=O) groups excluding carboxylic acids is 2.